The van der Waals surface area contributed by atoms with E-state index in [-0.39, 0.29) is 13.0 Å². The topological polar surface area (TPSA) is 119 Å². The number of hydrogen-bond acceptors (Lipinski definition) is 5. The molecule has 7 nitrogen and oxygen atoms in total. The first-order valence-electron chi connectivity index (χ1n) is 12.3. The Morgan fingerprint density at radius 1 is 0.806 bits per heavy atom. The highest BCUT2D eigenvalue weighted by Crippen LogP contribution is 2.13. The molecule has 0 aliphatic carbocycles. The van der Waals surface area contributed by atoms with Crippen LogP contribution in [-0.2, 0) is 19.1 Å². The van der Waals surface area contributed by atoms with E-state index in [1.54, 1.807) is 0 Å². The predicted molar refractivity (Wildman–Crippen MR) is 124 cm³/mol. The third kappa shape index (κ3) is 18.8. The number of carbonyl (C=O) groups excluding carboxylic acids is 2. The maximum Gasteiger partial charge on any atom is 0.329 e. The van der Waals surface area contributed by atoms with Gasteiger partial charge in [-0.05, 0) is 13.3 Å². The van der Waals surface area contributed by atoms with Crippen molar-refractivity contribution >= 4 is 17.8 Å². The number of aliphatic carboxylic acids is 1. The highest BCUT2D eigenvalue weighted by atomic mass is 16.5. The van der Waals surface area contributed by atoms with E-state index < -0.39 is 29.9 Å². The summed E-state index contributed by atoms with van der Waals surface area (Å²) in [5.74, 6) is -2.28. The Bertz CT molecular complexity index is 483. The maximum atomic E-state index is 11.8. The van der Waals surface area contributed by atoms with Gasteiger partial charge in [0.15, 0.2) is 6.04 Å². The SMILES string of the molecule is CCCCCCCCCCCCCCCCCC(=O)OC[C@H](NC(=O)[C@@H](C)N)C(=O)O. The molecule has 7 heteroatoms. The maximum absolute atomic E-state index is 11.8. The van der Waals surface area contributed by atoms with Crippen LogP contribution in [0.3, 0.4) is 0 Å². The average Bonchev–Trinajstić information content (AvgIpc) is 2.73. The Morgan fingerprint density at radius 2 is 1.23 bits per heavy atom. The van der Waals surface area contributed by atoms with Gasteiger partial charge in [-0.1, -0.05) is 96.8 Å². The van der Waals surface area contributed by atoms with Crippen LogP contribution in [0.4, 0.5) is 0 Å². The molecule has 0 rings (SSSR count). The van der Waals surface area contributed by atoms with Gasteiger partial charge in [-0.3, -0.25) is 9.59 Å². The molecule has 0 aliphatic heterocycles. The number of nitrogens with two attached hydrogens (primary N) is 1. The molecular formula is C24H46N2O5. The Balaban J connectivity index is 3.53. The number of esters is 1. The van der Waals surface area contributed by atoms with E-state index in [1.165, 1.54) is 84.0 Å². The minimum absolute atomic E-state index is 0.270. The van der Waals surface area contributed by atoms with E-state index in [2.05, 4.69) is 12.2 Å². The van der Waals surface area contributed by atoms with Crippen LogP contribution in [0.2, 0.25) is 0 Å². The fourth-order valence-electron chi connectivity index (χ4n) is 3.37. The second kappa shape index (κ2) is 20.3. The Labute approximate surface area is 188 Å². The number of rotatable bonds is 21. The summed E-state index contributed by atoms with van der Waals surface area (Å²) in [5.41, 5.74) is 5.40. The molecule has 1 amide bonds. The Kier molecular flexibility index (Phi) is 19.2. The first kappa shape index (κ1) is 29.4. The van der Waals surface area contributed by atoms with Crippen molar-refractivity contribution in [1.29, 1.82) is 0 Å². The van der Waals surface area contributed by atoms with E-state index >= 15 is 0 Å². The Hall–Kier alpha value is -1.63. The van der Waals surface area contributed by atoms with Crippen LogP contribution in [0.1, 0.15) is 117 Å². The summed E-state index contributed by atoms with van der Waals surface area (Å²) in [6.45, 7) is 3.32. The van der Waals surface area contributed by atoms with Gasteiger partial charge in [-0.2, -0.15) is 0 Å². The lowest BCUT2D eigenvalue weighted by atomic mass is 10.0. The molecule has 0 aromatic rings. The molecule has 0 aromatic heterocycles. The molecule has 0 heterocycles. The van der Waals surface area contributed by atoms with Crippen LogP contribution in [0.15, 0.2) is 0 Å². The van der Waals surface area contributed by atoms with Gasteiger partial charge in [-0.15, -0.1) is 0 Å². The third-order valence-corrected chi connectivity index (χ3v) is 5.42. The van der Waals surface area contributed by atoms with Crippen LogP contribution in [0, 0.1) is 0 Å². The van der Waals surface area contributed by atoms with E-state index in [1.807, 2.05) is 0 Å². The largest absolute Gasteiger partial charge is 0.480 e. The molecule has 0 aliphatic rings. The summed E-state index contributed by atoms with van der Waals surface area (Å²) in [6, 6.07) is -2.10. The van der Waals surface area contributed by atoms with E-state index in [9.17, 15) is 14.4 Å². The second-order valence-electron chi connectivity index (χ2n) is 8.57. The Morgan fingerprint density at radius 3 is 1.61 bits per heavy atom. The predicted octanol–water partition coefficient (Wildman–Crippen LogP) is 4.71. The lowest BCUT2D eigenvalue weighted by Gasteiger charge is -2.16. The van der Waals surface area contributed by atoms with E-state index in [4.69, 9.17) is 15.6 Å². The lowest BCUT2D eigenvalue weighted by molar-refractivity contribution is -0.150. The number of carboxylic acid groups (broad SMARTS) is 1. The number of hydrogen-bond donors (Lipinski definition) is 3. The standard InChI is InChI=1S/C24H46N2O5/c1-3-4-5-6-7-8-9-10-11-12-13-14-15-16-17-18-22(27)31-19-21(24(29)30)26-23(28)20(2)25/h20-21H,3-19,25H2,1-2H3,(H,26,28)(H,29,30)/t20-,21+/m1/s1. The van der Waals surface area contributed by atoms with Gasteiger partial charge in [-0.25, -0.2) is 4.79 Å². The summed E-state index contributed by atoms with van der Waals surface area (Å²) in [6.07, 6.45) is 19.1. The van der Waals surface area contributed by atoms with Gasteiger partial charge in [0.05, 0.1) is 6.04 Å². The molecular weight excluding hydrogens is 396 g/mol. The van der Waals surface area contributed by atoms with Crippen molar-refractivity contribution < 1.29 is 24.2 Å². The summed E-state index contributed by atoms with van der Waals surface area (Å²) in [4.78, 5) is 34.4. The fraction of sp³-hybridized carbons (Fsp3) is 0.875. The highest BCUT2D eigenvalue weighted by molar-refractivity contribution is 5.86. The molecule has 182 valence electrons. The first-order chi connectivity index (χ1) is 14.9. The average molecular weight is 443 g/mol. The molecule has 0 radical (unpaired) electrons. The van der Waals surface area contributed by atoms with Crippen LogP contribution < -0.4 is 11.1 Å². The van der Waals surface area contributed by atoms with Gasteiger partial charge in [0.2, 0.25) is 5.91 Å². The van der Waals surface area contributed by atoms with Crippen molar-refractivity contribution in [2.75, 3.05) is 6.61 Å². The van der Waals surface area contributed by atoms with Gasteiger partial charge in [0, 0.05) is 6.42 Å². The number of amides is 1. The number of carboxylic acids is 1. The number of unbranched alkanes of at least 4 members (excludes halogenated alkanes) is 14. The van der Waals surface area contributed by atoms with Crippen molar-refractivity contribution in [1.82, 2.24) is 5.32 Å². The van der Waals surface area contributed by atoms with Crippen LogP contribution in [-0.4, -0.2) is 41.6 Å². The summed E-state index contributed by atoms with van der Waals surface area (Å²) >= 11 is 0. The van der Waals surface area contributed by atoms with Gasteiger partial charge >= 0.3 is 11.9 Å². The molecule has 0 saturated carbocycles. The molecule has 0 aromatic carbocycles. The van der Waals surface area contributed by atoms with Crippen molar-refractivity contribution in [3.63, 3.8) is 0 Å². The van der Waals surface area contributed by atoms with Crippen LogP contribution in [0.5, 0.6) is 0 Å². The molecule has 0 bridgehead atoms. The van der Waals surface area contributed by atoms with Crippen molar-refractivity contribution in [3.05, 3.63) is 0 Å². The molecule has 4 N–H and O–H groups in total. The van der Waals surface area contributed by atoms with Crippen LogP contribution >= 0.6 is 0 Å². The van der Waals surface area contributed by atoms with Crippen molar-refractivity contribution in [2.24, 2.45) is 5.73 Å². The summed E-state index contributed by atoms with van der Waals surface area (Å²) < 4.78 is 4.99. The minimum Gasteiger partial charge on any atom is -0.480 e. The quantitative estimate of drug-likeness (QED) is 0.175. The van der Waals surface area contributed by atoms with E-state index in [0.29, 0.717) is 0 Å². The zero-order chi connectivity index (χ0) is 23.3. The van der Waals surface area contributed by atoms with E-state index in [0.717, 1.165) is 19.3 Å². The number of carbonyl (C=O) groups is 3. The second-order valence-corrected chi connectivity index (χ2v) is 8.57. The monoisotopic (exact) mass is 442 g/mol. The highest BCUT2D eigenvalue weighted by Gasteiger charge is 2.23. The normalized spacial score (nSPS) is 12.9. The fourth-order valence-corrected chi connectivity index (χ4v) is 3.37. The lowest BCUT2D eigenvalue weighted by Crippen LogP contribution is -2.49. The molecule has 0 fully saturated rings. The zero-order valence-corrected chi connectivity index (χ0v) is 19.8. The molecule has 0 saturated heterocycles. The molecule has 31 heavy (non-hydrogen) atoms. The number of ether oxygens (including phenoxy) is 1. The smallest absolute Gasteiger partial charge is 0.329 e. The van der Waals surface area contributed by atoms with Gasteiger partial charge < -0.3 is 20.9 Å². The van der Waals surface area contributed by atoms with Crippen molar-refractivity contribution in [2.45, 2.75) is 129 Å². The molecule has 0 unspecified atom stereocenters. The summed E-state index contributed by atoms with van der Waals surface area (Å²) in [5, 5.41) is 11.3. The molecule has 2 atom stereocenters. The minimum atomic E-state index is -1.27. The summed E-state index contributed by atoms with van der Waals surface area (Å²) in [7, 11) is 0. The van der Waals surface area contributed by atoms with Gasteiger partial charge in [0.1, 0.15) is 6.61 Å². The third-order valence-electron chi connectivity index (χ3n) is 5.42. The first-order valence-corrected chi connectivity index (χ1v) is 12.3. The number of nitrogens with one attached hydrogen (secondary N) is 1. The zero-order valence-electron chi connectivity index (χ0n) is 19.8. The van der Waals surface area contributed by atoms with Crippen molar-refractivity contribution in [3.8, 4) is 0 Å². The molecule has 0 spiro atoms. The van der Waals surface area contributed by atoms with Gasteiger partial charge in [0.25, 0.3) is 0 Å². The van der Waals surface area contributed by atoms with Crippen LogP contribution in [0.25, 0.3) is 0 Å².